The molecule has 5 aromatic rings. The van der Waals surface area contributed by atoms with E-state index in [-0.39, 0.29) is 0 Å². The molecular formula is C33H25N3. The molecule has 1 aliphatic carbocycles. The minimum atomic E-state index is 0.385. The standard InChI is InChI=1S/C33H25N3/c1-21-7-5-12-32-33(21)26-10-3-4-11-31(26)36(32)25-9-6-8-23(18-25)24-14-16-30-28(19-24)27-17-22(20-34)13-15-29(27)35(30)2/h3-19,21,33H,1-2H3. The van der Waals surface area contributed by atoms with Gasteiger partial charge in [-0.15, -0.1) is 0 Å². The number of nitrogens with zero attached hydrogens (tertiary/aromatic N) is 3. The van der Waals surface area contributed by atoms with E-state index in [2.05, 4.69) is 114 Å². The van der Waals surface area contributed by atoms with E-state index in [1.54, 1.807) is 0 Å². The van der Waals surface area contributed by atoms with Crippen molar-refractivity contribution in [3.05, 3.63) is 120 Å². The highest BCUT2D eigenvalue weighted by Crippen LogP contribution is 2.52. The lowest BCUT2D eigenvalue weighted by molar-refractivity contribution is 0.618. The third-order valence-corrected chi connectivity index (χ3v) is 7.87. The quantitative estimate of drug-likeness (QED) is 0.264. The Kier molecular flexibility index (Phi) is 4.46. The van der Waals surface area contributed by atoms with Crippen LogP contribution in [0.25, 0.3) is 32.9 Å². The van der Waals surface area contributed by atoms with E-state index in [1.165, 1.54) is 44.7 Å². The lowest BCUT2D eigenvalue weighted by Gasteiger charge is -2.27. The number of para-hydroxylation sites is 1. The molecule has 0 amide bonds. The topological polar surface area (TPSA) is 32.0 Å². The molecule has 0 fully saturated rings. The van der Waals surface area contributed by atoms with Gasteiger partial charge in [-0.2, -0.15) is 5.26 Å². The van der Waals surface area contributed by atoms with Gasteiger partial charge in [-0.3, -0.25) is 0 Å². The van der Waals surface area contributed by atoms with Crippen molar-refractivity contribution < 1.29 is 0 Å². The highest BCUT2D eigenvalue weighted by molar-refractivity contribution is 6.09. The highest BCUT2D eigenvalue weighted by atomic mass is 15.2. The molecule has 2 heterocycles. The van der Waals surface area contributed by atoms with Gasteiger partial charge in [-0.1, -0.05) is 55.5 Å². The van der Waals surface area contributed by atoms with Gasteiger partial charge in [0.1, 0.15) is 0 Å². The predicted molar refractivity (Wildman–Crippen MR) is 148 cm³/mol. The number of aryl methyl sites for hydroxylation is 1. The van der Waals surface area contributed by atoms with Gasteiger partial charge in [0.25, 0.3) is 0 Å². The Morgan fingerprint density at radius 1 is 0.806 bits per heavy atom. The molecule has 36 heavy (non-hydrogen) atoms. The molecule has 0 spiro atoms. The zero-order valence-corrected chi connectivity index (χ0v) is 20.3. The Balaban J connectivity index is 1.38. The van der Waals surface area contributed by atoms with E-state index in [1.807, 2.05) is 18.2 Å². The fourth-order valence-corrected chi connectivity index (χ4v) is 6.14. The van der Waals surface area contributed by atoms with Crippen LogP contribution in [0.15, 0.2) is 109 Å². The third kappa shape index (κ3) is 2.91. The maximum atomic E-state index is 9.44. The minimum absolute atomic E-state index is 0.385. The van der Waals surface area contributed by atoms with Gasteiger partial charge < -0.3 is 9.47 Å². The summed E-state index contributed by atoms with van der Waals surface area (Å²) in [4.78, 5) is 2.43. The molecule has 3 heteroatoms. The average Bonchev–Trinajstić information content (AvgIpc) is 3.41. The van der Waals surface area contributed by atoms with E-state index >= 15 is 0 Å². The molecule has 1 aromatic heterocycles. The minimum Gasteiger partial charge on any atom is -0.344 e. The Hall–Kier alpha value is -4.55. The molecule has 172 valence electrons. The van der Waals surface area contributed by atoms with Gasteiger partial charge in [0.15, 0.2) is 0 Å². The van der Waals surface area contributed by atoms with Crippen molar-refractivity contribution in [2.45, 2.75) is 12.8 Å². The van der Waals surface area contributed by atoms with E-state index < -0.39 is 0 Å². The van der Waals surface area contributed by atoms with Crippen molar-refractivity contribution in [2.75, 3.05) is 4.90 Å². The molecule has 7 rings (SSSR count). The highest BCUT2D eigenvalue weighted by Gasteiger charge is 2.37. The van der Waals surface area contributed by atoms with Crippen LogP contribution in [0.3, 0.4) is 0 Å². The second-order valence-corrected chi connectivity index (χ2v) is 9.89. The summed E-state index contributed by atoms with van der Waals surface area (Å²) in [6.07, 6.45) is 6.78. The van der Waals surface area contributed by atoms with Crippen LogP contribution in [0.2, 0.25) is 0 Å². The number of hydrogen-bond acceptors (Lipinski definition) is 2. The van der Waals surface area contributed by atoms with Crippen LogP contribution in [0.4, 0.5) is 11.4 Å². The van der Waals surface area contributed by atoms with E-state index in [0.29, 0.717) is 17.4 Å². The summed E-state index contributed by atoms with van der Waals surface area (Å²) in [5, 5.41) is 11.7. The summed E-state index contributed by atoms with van der Waals surface area (Å²) in [5.74, 6) is 0.850. The lowest BCUT2D eigenvalue weighted by Crippen LogP contribution is -2.18. The second kappa shape index (κ2) is 7.73. The lowest BCUT2D eigenvalue weighted by atomic mass is 9.84. The molecule has 0 N–H and O–H groups in total. The Morgan fingerprint density at radius 3 is 2.44 bits per heavy atom. The fraction of sp³-hybridized carbons (Fsp3) is 0.121. The molecule has 2 unspecified atom stereocenters. The van der Waals surface area contributed by atoms with Gasteiger partial charge in [0.05, 0.1) is 11.6 Å². The number of fused-ring (bicyclic) bond motifs is 6. The van der Waals surface area contributed by atoms with Crippen LogP contribution in [0, 0.1) is 17.2 Å². The summed E-state index contributed by atoms with van der Waals surface area (Å²) in [6, 6.07) is 32.6. The number of benzene rings is 4. The van der Waals surface area contributed by atoms with E-state index in [4.69, 9.17) is 0 Å². The average molecular weight is 464 g/mol. The molecule has 2 aliphatic rings. The van der Waals surface area contributed by atoms with Gasteiger partial charge >= 0.3 is 0 Å². The first kappa shape index (κ1) is 20.8. The first-order valence-corrected chi connectivity index (χ1v) is 12.4. The summed E-state index contributed by atoms with van der Waals surface area (Å²) >= 11 is 0. The van der Waals surface area contributed by atoms with Crippen molar-refractivity contribution in [3.63, 3.8) is 0 Å². The second-order valence-electron chi connectivity index (χ2n) is 9.89. The van der Waals surface area contributed by atoms with Crippen molar-refractivity contribution in [1.29, 1.82) is 5.26 Å². The molecule has 0 radical (unpaired) electrons. The summed E-state index contributed by atoms with van der Waals surface area (Å²) in [7, 11) is 2.09. The van der Waals surface area contributed by atoms with Crippen molar-refractivity contribution in [3.8, 4) is 17.2 Å². The SMILES string of the molecule is CC1C=CC=C2C1c1ccccc1N2c1cccc(-c2ccc3c(c2)c2cc(C#N)ccc2n3C)c1. The maximum Gasteiger partial charge on any atom is 0.0991 e. The third-order valence-electron chi connectivity index (χ3n) is 7.87. The van der Waals surface area contributed by atoms with Gasteiger partial charge in [0, 0.05) is 51.8 Å². The molecule has 2 atom stereocenters. The van der Waals surface area contributed by atoms with Gasteiger partial charge in [0.2, 0.25) is 0 Å². The van der Waals surface area contributed by atoms with Crippen LogP contribution in [0.1, 0.15) is 24.0 Å². The number of rotatable bonds is 2. The molecule has 0 saturated carbocycles. The predicted octanol–water partition coefficient (Wildman–Crippen LogP) is 8.20. The molecule has 1 aliphatic heterocycles. The van der Waals surface area contributed by atoms with Crippen molar-refractivity contribution in [2.24, 2.45) is 13.0 Å². The Bertz CT molecular complexity index is 1790. The van der Waals surface area contributed by atoms with Crippen molar-refractivity contribution >= 4 is 33.2 Å². The smallest absolute Gasteiger partial charge is 0.0991 e. The first-order valence-electron chi connectivity index (χ1n) is 12.4. The molecule has 0 saturated heterocycles. The number of anilines is 2. The zero-order valence-electron chi connectivity index (χ0n) is 20.3. The van der Waals surface area contributed by atoms with E-state index in [9.17, 15) is 5.26 Å². The number of nitriles is 1. The fourth-order valence-electron chi connectivity index (χ4n) is 6.14. The monoisotopic (exact) mass is 463 g/mol. The summed E-state index contributed by atoms with van der Waals surface area (Å²) in [6.45, 7) is 2.31. The first-order chi connectivity index (χ1) is 17.6. The molecule has 4 aromatic carbocycles. The summed E-state index contributed by atoms with van der Waals surface area (Å²) < 4.78 is 2.21. The molecule has 0 bridgehead atoms. The van der Waals surface area contributed by atoms with Crippen LogP contribution < -0.4 is 4.90 Å². The maximum absolute atomic E-state index is 9.44. The number of aromatic nitrogens is 1. The summed E-state index contributed by atoms with van der Waals surface area (Å²) in [5.41, 5.74) is 10.6. The van der Waals surface area contributed by atoms with Crippen LogP contribution in [-0.2, 0) is 7.05 Å². The van der Waals surface area contributed by atoms with Crippen LogP contribution in [0.5, 0.6) is 0 Å². The van der Waals surface area contributed by atoms with E-state index in [0.717, 1.165) is 10.9 Å². The van der Waals surface area contributed by atoms with Crippen LogP contribution in [-0.4, -0.2) is 4.57 Å². The number of hydrogen-bond donors (Lipinski definition) is 0. The van der Waals surface area contributed by atoms with Gasteiger partial charge in [-0.25, -0.2) is 0 Å². The zero-order chi connectivity index (χ0) is 24.4. The normalized spacial score (nSPS) is 18.2. The largest absolute Gasteiger partial charge is 0.344 e. The van der Waals surface area contributed by atoms with Gasteiger partial charge in [-0.05, 0) is 77.2 Å². The molecular weight excluding hydrogens is 438 g/mol. The molecule has 3 nitrogen and oxygen atoms in total. The van der Waals surface area contributed by atoms with Crippen LogP contribution >= 0.6 is 0 Å². The Labute approximate surface area is 210 Å². The van der Waals surface area contributed by atoms with Crippen molar-refractivity contribution in [1.82, 2.24) is 4.57 Å². The Morgan fingerprint density at radius 2 is 1.58 bits per heavy atom. The number of allylic oxidation sites excluding steroid dienone is 4.